The number of rotatable bonds is 2. The van der Waals surface area contributed by atoms with Gasteiger partial charge in [0.1, 0.15) is 59.1 Å². The zero-order chi connectivity index (χ0) is 20.9. The van der Waals surface area contributed by atoms with Crippen LogP contribution in [0.3, 0.4) is 0 Å². The number of aliphatic hydroxyl groups is 3. The number of phenolic OH excluding ortho intramolecular Hbond substituents is 3. The van der Waals surface area contributed by atoms with Crippen molar-refractivity contribution in [3.8, 4) is 23.0 Å². The summed E-state index contributed by atoms with van der Waals surface area (Å²) in [7, 11) is 0. The van der Waals surface area contributed by atoms with Gasteiger partial charge in [-0.3, -0.25) is 4.79 Å². The third-order valence-electron chi connectivity index (χ3n) is 5.25. The van der Waals surface area contributed by atoms with Crippen molar-refractivity contribution in [2.24, 2.45) is 0 Å². The Kier molecular flexibility index (Phi) is 4.83. The number of hydrogen-bond acceptors (Lipinski definition) is 9. The maximum absolute atomic E-state index is 12.7. The molecule has 154 valence electrons. The Labute approximate surface area is 165 Å². The van der Waals surface area contributed by atoms with Gasteiger partial charge in [0, 0.05) is 6.07 Å². The molecule has 1 saturated heterocycles. The number of fused-ring (bicyclic) bond motifs is 1. The fourth-order valence-electron chi connectivity index (χ4n) is 3.69. The molecule has 0 spiro atoms. The summed E-state index contributed by atoms with van der Waals surface area (Å²) in [4.78, 5) is 12.7. The lowest BCUT2D eigenvalue weighted by molar-refractivity contribution is -0.189. The molecule has 4 rings (SSSR count). The van der Waals surface area contributed by atoms with E-state index in [0.29, 0.717) is 5.56 Å². The molecule has 0 aromatic heterocycles. The van der Waals surface area contributed by atoms with Crippen LogP contribution in [0, 0.1) is 0 Å². The van der Waals surface area contributed by atoms with Gasteiger partial charge in [-0.1, -0.05) is 12.1 Å². The lowest BCUT2D eigenvalue weighted by Gasteiger charge is -2.36. The predicted molar refractivity (Wildman–Crippen MR) is 96.9 cm³/mol. The van der Waals surface area contributed by atoms with Gasteiger partial charge in [0.05, 0.1) is 18.6 Å². The minimum atomic E-state index is -1.63. The summed E-state index contributed by atoms with van der Waals surface area (Å²) < 4.78 is 11.1. The number of phenols is 3. The molecular weight excluding hydrogens is 384 g/mol. The van der Waals surface area contributed by atoms with Crippen molar-refractivity contribution in [3.63, 3.8) is 0 Å². The van der Waals surface area contributed by atoms with E-state index >= 15 is 0 Å². The van der Waals surface area contributed by atoms with Crippen LogP contribution in [0.4, 0.5) is 0 Å². The molecule has 1 unspecified atom stereocenters. The molecule has 5 atom stereocenters. The summed E-state index contributed by atoms with van der Waals surface area (Å²) in [5, 5.41) is 60.2. The van der Waals surface area contributed by atoms with Gasteiger partial charge in [-0.25, -0.2) is 0 Å². The minimum absolute atomic E-state index is 0.0380. The first kappa shape index (κ1) is 19.5. The van der Waals surface area contributed by atoms with Gasteiger partial charge in [-0.2, -0.15) is 0 Å². The monoisotopic (exact) mass is 404 g/mol. The average molecular weight is 404 g/mol. The number of hydrogen-bond donors (Lipinski definition) is 6. The number of ketones is 1. The van der Waals surface area contributed by atoms with E-state index in [1.807, 2.05) is 0 Å². The number of carbonyl (C=O) groups is 1. The molecule has 9 heteroatoms. The first-order chi connectivity index (χ1) is 13.8. The number of Topliss-reactive ketones (excluding diaryl/α,β-unsaturated/α-hetero) is 1. The zero-order valence-electron chi connectivity index (χ0n) is 15.1. The van der Waals surface area contributed by atoms with E-state index in [2.05, 4.69) is 0 Å². The smallest absolute Gasteiger partial charge is 0.174 e. The SMILES string of the molecule is O=C1CC(c2ccc(O)cc2)Oc2cc(O)c([C@@H]3OC[C@@H](O)[C@H](O)[C@H]3O)c(O)c21. The summed E-state index contributed by atoms with van der Waals surface area (Å²) in [6, 6.07) is 7.26. The molecule has 2 aliphatic rings. The second-order valence-corrected chi connectivity index (χ2v) is 7.16. The normalized spacial score (nSPS) is 29.2. The zero-order valence-corrected chi connectivity index (χ0v) is 15.1. The Hall–Kier alpha value is -2.85. The molecule has 0 bridgehead atoms. The summed E-state index contributed by atoms with van der Waals surface area (Å²) in [5.41, 5.74) is 0.208. The minimum Gasteiger partial charge on any atom is -0.508 e. The van der Waals surface area contributed by atoms with E-state index in [9.17, 15) is 35.4 Å². The number of aromatic hydroxyl groups is 3. The molecule has 2 aromatic carbocycles. The fraction of sp³-hybridized carbons (Fsp3) is 0.350. The second kappa shape index (κ2) is 7.20. The van der Waals surface area contributed by atoms with Gasteiger partial charge in [0.15, 0.2) is 5.78 Å². The van der Waals surface area contributed by atoms with Crippen molar-refractivity contribution < 1.29 is 44.9 Å². The summed E-state index contributed by atoms with van der Waals surface area (Å²) >= 11 is 0. The highest BCUT2D eigenvalue weighted by Crippen LogP contribution is 2.48. The van der Waals surface area contributed by atoms with Crippen LogP contribution >= 0.6 is 0 Å². The lowest BCUT2D eigenvalue weighted by atomic mass is 9.89. The first-order valence-electron chi connectivity index (χ1n) is 9.01. The number of ether oxygens (including phenoxy) is 2. The third-order valence-corrected chi connectivity index (χ3v) is 5.25. The topological polar surface area (TPSA) is 157 Å². The summed E-state index contributed by atoms with van der Waals surface area (Å²) in [6.07, 6.45) is -6.60. The van der Waals surface area contributed by atoms with Crippen molar-refractivity contribution in [1.82, 2.24) is 0 Å². The van der Waals surface area contributed by atoms with Crippen molar-refractivity contribution in [1.29, 1.82) is 0 Å². The largest absolute Gasteiger partial charge is 0.508 e. The fourth-order valence-corrected chi connectivity index (χ4v) is 3.69. The maximum atomic E-state index is 12.7. The van der Waals surface area contributed by atoms with E-state index in [-0.39, 0.29) is 35.7 Å². The molecule has 0 amide bonds. The summed E-state index contributed by atoms with van der Waals surface area (Å²) in [6.45, 7) is -0.327. The average Bonchev–Trinajstić information content (AvgIpc) is 2.67. The second-order valence-electron chi connectivity index (χ2n) is 7.16. The predicted octanol–water partition coefficient (Wildman–Crippen LogP) is 0.664. The molecule has 0 aliphatic carbocycles. The van der Waals surface area contributed by atoms with Gasteiger partial charge in [-0.05, 0) is 17.7 Å². The van der Waals surface area contributed by atoms with Crippen LogP contribution in [0.2, 0.25) is 0 Å². The van der Waals surface area contributed by atoms with Gasteiger partial charge in [-0.15, -0.1) is 0 Å². The molecule has 9 nitrogen and oxygen atoms in total. The number of benzene rings is 2. The molecule has 6 N–H and O–H groups in total. The van der Waals surface area contributed by atoms with Crippen LogP contribution in [0.5, 0.6) is 23.0 Å². The molecule has 2 aliphatic heterocycles. The van der Waals surface area contributed by atoms with E-state index in [0.717, 1.165) is 6.07 Å². The molecule has 29 heavy (non-hydrogen) atoms. The van der Waals surface area contributed by atoms with Crippen molar-refractivity contribution >= 4 is 5.78 Å². The molecule has 0 saturated carbocycles. The van der Waals surface area contributed by atoms with Crippen molar-refractivity contribution in [3.05, 3.63) is 47.0 Å². The molecule has 0 radical (unpaired) electrons. The quantitative estimate of drug-likeness (QED) is 0.423. The van der Waals surface area contributed by atoms with Crippen LogP contribution < -0.4 is 4.74 Å². The molecule has 2 heterocycles. The number of aliphatic hydroxyl groups excluding tert-OH is 3. The lowest BCUT2D eigenvalue weighted by Crippen LogP contribution is -2.49. The summed E-state index contributed by atoms with van der Waals surface area (Å²) in [5.74, 6) is -1.53. The Morgan fingerprint density at radius 3 is 2.34 bits per heavy atom. The molecule has 2 aromatic rings. The van der Waals surface area contributed by atoms with Gasteiger partial charge >= 0.3 is 0 Å². The van der Waals surface area contributed by atoms with Crippen LogP contribution in [-0.2, 0) is 4.74 Å². The van der Waals surface area contributed by atoms with Crippen LogP contribution in [0.1, 0.15) is 40.1 Å². The molecule has 1 fully saturated rings. The highest BCUT2D eigenvalue weighted by molar-refractivity contribution is 6.03. The van der Waals surface area contributed by atoms with Crippen LogP contribution in [0.25, 0.3) is 0 Å². The standard InChI is InChI=1S/C20H20O9/c21-9-3-1-8(2-4-9)13-5-10(22)15-14(29-13)6-11(23)16(18(15)26)20-19(27)17(25)12(24)7-28-20/h1-4,6,12-13,17,19-21,23-27H,5,7H2/t12-,13?,17+,19-,20+/m1/s1. The Bertz CT molecular complexity index is 940. The Morgan fingerprint density at radius 2 is 1.66 bits per heavy atom. The van der Waals surface area contributed by atoms with Crippen molar-refractivity contribution in [2.45, 2.75) is 36.9 Å². The van der Waals surface area contributed by atoms with Crippen molar-refractivity contribution in [2.75, 3.05) is 6.61 Å². The highest BCUT2D eigenvalue weighted by atomic mass is 16.5. The van der Waals surface area contributed by atoms with E-state index < -0.39 is 47.8 Å². The first-order valence-corrected chi connectivity index (χ1v) is 9.01. The van der Waals surface area contributed by atoms with Crippen LogP contribution in [0.15, 0.2) is 30.3 Å². The van der Waals surface area contributed by atoms with Gasteiger partial charge in [0.25, 0.3) is 0 Å². The van der Waals surface area contributed by atoms with Gasteiger partial charge in [0.2, 0.25) is 0 Å². The van der Waals surface area contributed by atoms with Crippen LogP contribution in [-0.4, -0.2) is 61.3 Å². The maximum Gasteiger partial charge on any atom is 0.174 e. The number of carbonyl (C=O) groups excluding carboxylic acids is 1. The Morgan fingerprint density at radius 1 is 0.966 bits per heavy atom. The van der Waals surface area contributed by atoms with Gasteiger partial charge < -0.3 is 40.1 Å². The van der Waals surface area contributed by atoms with E-state index in [4.69, 9.17) is 9.47 Å². The Balaban J connectivity index is 1.71. The highest BCUT2D eigenvalue weighted by Gasteiger charge is 2.43. The third kappa shape index (κ3) is 3.28. The van der Waals surface area contributed by atoms with E-state index in [1.54, 1.807) is 12.1 Å². The molecular formula is C20H20O9. The van der Waals surface area contributed by atoms with E-state index in [1.165, 1.54) is 12.1 Å².